The van der Waals surface area contributed by atoms with Crippen molar-refractivity contribution < 1.29 is 4.79 Å². The summed E-state index contributed by atoms with van der Waals surface area (Å²) in [6, 6.07) is 7.71. The number of pyridine rings is 3. The van der Waals surface area contributed by atoms with E-state index in [9.17, 15) is 4.79 Å². The van der Waals surface area contributed by atoms with Gasteiger partial charge in [0.25, 0.3) is 0 Å². The number of halogens is 1. The fraction of sp³-hybridized carbons (Fsp3) is 0.263. The normalized spacial score (nSPS) is 14.7. The molecule has 0 aliphatic carbocycles. The average molecular weight is 368 g/mol. The van der Waals surface area contributed by atoms with Crippen LogP contribution in [0.3, 0.4) is 0 Å². The highest BCUT2D eigenvalue weighted by atomic mass is 35.5. The van der Waals surface area contributed by atoms with Gasteiger partial charge in [-0.1, -0.05) is 11.6 Å². The van der Waals surface area contributed by atoms with E-state index in [4.69, 9.17) is 16.6 Å². The minimum absolute atomic E-state index is 0.117. The molecule has 4 rings (SSSR count). The third-order valence-corrected chi connectivity index (χ3v) is 4.86. The average Bonchev–Trinajstić information content (AvgIpc) is 2.67. The van der Waals surface area contributed by atoms with Crippen molar-refractivity contribution in [2.75, 3.05) is 31.1 Å². The summed E-state index contributed by atoms with van der Waals surface area (Å²) in [6.07, 6.45) is 5.30. The zero-order chi connectivity index (χ0) is 18.1. The van der Waals surface area contributed by atoms with Crippen LogP contribution >= 0.6 is 11.6 Å². The van der Waals surface area contributed by atoms with E-state index >= 15 is 0 Å². The zero-order valence-electron chi connectivity index (χ0n) is 14.4. The Bertz CT molecular complexity index is 969. The lowest BCUT2D eigenvalue weighted by atomic mass is 10.1. The molecule has 1 saturated heterocycles. The van der Waals surface area contributed by atoms with Gasteiger partial charge in [0, 0.05) is 68.0 Å². The van der Waals surface area contributed by atoms with Gasteiger partial charge in [-0.2, -0.15) is 0 Å². The number of amides is 1. The highest BCUT2D eigenvalue weighted by Gasteiger charge is 2.22. The second-order valence-corrected chi connectivity index (χ2v) is 6.68. The van der Waals surface area contributed by atoms with Crippen molar-refractivity contribution in [3.63, 3.8) is 0 Å². The SMILES string of the molecule is CC(=O)N1CCN(c2nc(-c3ccnc(Cl)c3)cc3cnccc23)CC1. The Balaban J connectivity index is 1.77. The number of carbonyl (C=O) groups is 1. The van der Waals surface area contributed by atoms with E-state index < -0.39 is 0 Å². The molecule has 1 fully saturated rings. The predicted octanol–water partition coefficient (Wildman–Crippen LogP) is 3.01. The van der Waals surface area contributed by atoms with E-state index in [0.717, 1.165) is 40.9 Å². The van der Waals surface area contributed by atoms with Gasteiger partial charge in [-0.25, -0.2) is 9.97 Å². The lowest BCUT2D eigenvalue weighted by molar-refractivity contribution is -0.129. The molecule has 7 heteroatoms. The summed E-state index contributed by atoms with van der Waals surface area (Å²) in [5, 5.41) is 2.52. The third kappa shape index (κ3) is 3.20. The van der Waals surface area contributed by atoms with Crippen LogP contribution in [0, 0.1) is 0 Å². The maximum Gasteiger partial charge on any atom is 0.219 e. The van der Waals surface area contributed by atoms with Crippen LogP contribution in [0.15, 0.2) is 42.9 Å². The molecule has 3 aromatic heterocycles. The molecular formula is C19H18ClN5O. The van der Waals surface area contributed by atoms with Gasteiger partial charge < -0.3 is 9.80 Å². The Morgan fingerprint density at radius 2 is 1.92 bits per heavy atom. The van der Waals surface area contributed by atoms with Crippen LogP contribution in [0.5, 0.6) is 0 Å². The number of hydrogen-bond acceptors (Lipinski definition) is 5. The summed E-state index contributed by atoms with van der Waals surface area (Å²) in [5.74, 6) is 1.03. The van der Waals surface area contributed by atoms with Crippen molar-refractivity contribution in [2.24, 2.45) is 0 Å². The molecule has 132 valence electrons. The Morgan fingerprint density at radius 1 is 1.12 bits per heavy atom. The van der Waals surface area contributed by atoms with Crippen LogP contribution in [0.25, 0.3) is 22.0 Å². The molecule has 26 heavy (non-hydrogen) atoms. The molecular weight excluding hydrogens is 350 g/mol. The fourth-order valence-electron chi connectivity index (χ4n) is 3.26. The Kier molecular flexibility index (Phi) is 4.42. The van der Waals surface area contributed by atoms with Crippen molar-refractivity contribution in [3.05, 3.63) is 48.0 Å². The molecule has 1 aliphatic rings. The molecule has 0 unspecified atom stereocenters. The van der Waals surface area contributed by atoms with Gasteiger partial charge in [0.15, 0.2) is 0 Å². The highest BCUT2D eigenvalue weighted by molar-refractivity contribution is 6.29. The number of nitrogens with zero attached hydrogens (tertiary/aromatic N) is 5. The Morgan fingerprint density at radius 3 is 2.65 bits per heavy atom. The maximum atomic E-state index is 11.6. The fourth-order valence-corrected chi connectivity index (χ4v) is 3.44. The van der Waals surface area contributed by atoms with Gasteiger partial charge in [-0.15, -0.1) is 0 Å². The molecule has 6 nitrogen and oxygen atoms in total. The van der Waals surface area contributed by atoms with Crippen molar-refractivity contribution in [3.8, 4) is 11.3 Å². The topological polar surface area (TPSA) is 62.2 Å². The van der Waals surface area contributed by atoms with Crippen LogP contribution in [-0.4, -0.2) is 51.9 Å². The summed E-state index contributed by atoms with van der Waals surface area (Å²) in [7, 11) is 0. The van der Waals surface area contributed by atoms with E-state index in [0.29, 0.717) is 18.2 Å². The molecule has 0 saturated carbocycles. The minimum Gasteiger partial charge on any atom is -0.353 e. The third-order valence-electron chi connectivity index (χ3n) is 4.66. The predicted molar refractivity (Wildman–Crippen MR) is 102 cm³/mol. The molecule has 1 aliphatic heterocycles. The summed E-state index contributed by atoms with van der Waals surface area (Å²) in [5.41, 5.74) is 1.75. The second kappa shape index (κ2) is 6.88. The second-order valence-electron chi connectivity index (χ2n) is 6.29. The quantitative estimate of drug-likeness (QED) is 0.651. The van der Waals surface area contributed by atoms with Gasteiger partial charge >= 0.3 is 0 Å². The van der Waals surface area contributed by atoms with Crippen LogP contribution in [-0.2, 0) is 4.79 Å². The van der Waals surface area contributed by atoms with Crippen LogP contribution in [0.4, 0.5) is 5.82 Å². The molecule has 0 N–H and O–H groups in total. The van der Waals surface area contributed by atoms with Crippen LogP contribution < -0.4 is 4.90 Å². The first-order valence-corrected chi connectivity index (χ1v) is 8.87. The van der Waals surface area contributed by atoms with Gasteiger partial charge in [-0.3, -0.25) is 9.78 Å². The first kappa shape index (κ1) is 16.7. The summed E-state index contributed by atoms with van der Waals surface area (Å²) < 4.78 is 0. The first-order chi connectivity index (χ1) is 12.6. The summed E-state index contributed by atoms with van der Waals surface area (Å²) in [4.78, 5) is 28.9. The van der Waals surface area contributed by atoms with Gasteiger partial charge in [0.2, 0.25) is 5.91 Å². The number of piperazine rings is 1. The molecule has 4 heterocycles. The van der Waals surface area contributed by atoms with E-state index in [1.165, 1.54) is 0 Å². The molecule has 0 radical (unpaired) electrons. The largest absolute Gasteiger partial charge is 0.353 e. The standard InChI is InChI=1S/C19H18ClN5O/c1-13(26)24-6-8-25(9-7-24)19-16-3-4-21-12-15(16)10-17(23-19)14-2-5-22-18(20)11-14/h2-5,10-12H,6-9H2,1H3. The number of fused-ring (bicyclic) bond motifs is 1. The number of aromatic nitrogens is 3. The Hall–Kier alpha value is -2.73. The Labute approximate surface area is 156 Å². The van der Waals surface area contributed by atoms with Crippen molar-refractivity contribution in [2.45, 2.75) is 6.92 Å². The van der Waals surface area contributed by atoms with Crippen LogP contribution in [0.1, 0.15) is 6.92 Å². The van der Waals surface area contributed by atoms with Gasteiger partial charge in [-0.05, 0) is 24.3 Å². The molecule has 1 amide bonds. The van der Waals surface area contributed by atoms with Gasteiger partial charge in [0.1, 0.15) is 11.0 Å². The smallest absolute Gasteiger partial charge is 0.219 e. The molecule has 0 aromatic carbocycles. The minimum atomic E-state index is 0.117. The molecule has 0 atom stereocenters. The molecule has 0 spiro atoms. The van der Waals surface area contributed by atoms with E-state index in [-0.39, 0.29) is 5.91 Å². The number of rotatable bonds is 2. The highest BCUT2D eigenvalue weighted by Crippen LogP contribution is 2.30. The molecule has 0 bridgehead atoms. The van der Waals surface area contributed by atoms with Gasteiger partial charge in [0.05, 0.1) is 5.69 Å². The van der Waals surface area contributed by atoms with E-state index in [1.54, 1.807) is 19.3 Å². The zero-order valence-corrected chi connectivity index (χ0v) is 15.1. The van der Waals surface area contributed by atoms with Crippen molar-refractivity contribution in [1.82, 2.24) is 19.9 Å². The maximum absolute atomic E-state index is 11.6. The summed E-state index contributed by atoms with van der Waals surface area (Å²) in [6.45, 7) is 4.53. The first-order valence-electron chi connectivity index (χ1n) is 8.49. The van der Waals surface area contributed by atoms with E-state index in [1.807, 2.05) is 35.4 Å². The van der Waals surface area contributed by atoms with Crippen LogP contribution in [0.2, 0.25) is 5.15 Å². The molecule has 3 aromatic rings. The number of carbonyl (C=O) groups excluding carboxylic acids is 1. The van der Waals surface area contributed by atoms with Crippen molar-refractivity contribution >= 4 is 34.1 Å². The lowest BCUT2D eigenvalue weighted by Gasteiger charge is -2.35. The lowest BCUT2D eigenvalue weighted by Crippen LogP contribution is -2.48. The van der Waals surface area contributed by atoms with E-state index in [2.05, 4.69) is 14.9 Å². The number of hydrogen-bond donors (Lipinski definition) is 0. The van der Waals surface area contributed by atoms with Crippen molar-refractivity contribution in [1.29, 1.82) is 0 Å². The summed E-state index contributed by atoms with van der Waals surface area (Å²) >= 11 is 6.05. The monoisotopic (exact) mass is 367 g/mol. The number of anilines is 1.